The lowest BCUT2D eigenvalue weighted by molar-refractivity contribution is -0.120. The third-order valence-corrected chi connectivity index (χ3v) is 9.66. The number of Topliss-reactive ketones (excluding diaryl/α,β-unsaturated/α-hetero) is 1. The van der Waals surface area contributed by atoms with Gasteiger partial charge in [-0.3, -0.25) is 14.5 Å². The zero-order valence-electron chi connectivity index (χ0n) is 25.7. The van der Waals surface area contributed by atoms with Gasteiger partial charge in [-0.15, -0.1) is 0 Å². The van der Waals surface area contributed by atoms with Crippen LogP contribution < -0.4 is 9.47 Å². The summed E-state index contributed by atoms with van der Waals surface area (Å²) in [6.45, 7) is 3.62. The Morgan fingerprint density at radius 2 is 1.89 bits per heavy atom. The molecule has 2 aromatic heterocycles. The van der Waals surface area contributed by atoms with Crippen molar-refractivity contribution in [2.75, 3.05) is 13.1 Å². The number of aromatic nitrogens is 3. The number of nitrogens with zero attached hydrogens (tertiary/aromatic N) is 5. The molecule has 2 saturated carbocycles. The Morgan fingerprint density at radius 3 is 2.61 bits per heavy atom. The van der Waals surface area contributed by atoms with Gasteiger partial charge in [-0.1, -0.05) is 18.2 Å². The van der Waals surface area contributed by atoms with Crippen LogP contribution in [-0.2, 0) is 24.5 Å². The number of rotatable bonds is 13. The predicted octanol–water partition coefficient (Wildman–Crippen LogP) is 6.35. The summed E-state index contributed by atoms with van der Waals surface area (Å²) in [6.07, 6.45) is 6.19. The second-order valence-electron chi connectivity index (χ2n) is 13.0. The van der Waals surface area contributed by atoms with Gasteiger partial charge in [-0.2, -0.15) is 5.26 Å². The van der Waals surface area contributed by atoms with Crippen molar-refractivity contribution in [1.82, 2.24) is 19.4 Å². The van der Waals surface area contributed by atoms with Gasteiger partial charge >= 0.3 is 0 Å². The van der Waals surface area contributed by atoms with Crippen LogP contribution in [0.2, 0.25) is 0 Å². The lowest BCUT2D eigenvalue weighted by Crippen LogP contribution is -2.34. The van der Waals surface area contributed by atoms with E-state index >= 15 is 0 Å². The van der Waals surface area contributed by atoms with Crippen molar-refractivity contribution in [3.63, 3.8) is 0 Å². The van der Waals surface area contributed by atoms with E-state index in [1.165, 1.54) is 6.07 Å². The molecule has 0 radical (unpaired) electrons. The Bertz CT molecular complexity index is 1810. The van der Waals surface area contributed by atoms with E-state index in [4.69, 9.17) is 19.4 Å². The summed E-state index contributed by atoms with van der Waals surface area (Å²) in [5.74, 6) is 1.79. The standard InChI is InChI=1S/C36H36FN5O4/c37-29-18-26(35(44)25-4-5-25)6-7-27(29)21-45-34-3-1-2-30(40-34)24-10-16-41(17-11-24)20-33-39-31-9-8-28(46-23-43)19-32(31)42(33)22-36(12-13-36)14-15-38/h1-3,6-9,18-19,23-25H,4-5,10-14,16-17,20-22H2. The van der Waals surface area contributed by atoms with Crippen LogP contribution in [0.1, 0.15) is 78.3 Å². The maximum Gasteiger partial charge on any atom is 0.298 e. The molecule has 4 aromatic rings. The van der Waals surface area contributed by atoms with Gasteiger partial charge < -0.3 is 14.0 Å². The molecule has 0 spiro atoms. The Hall–Kier alpha value is -4.62. The van der Waals surface area contributed by atoms with Crippen molar-refractivity contribution < 1.29 is 23.5 Å². The van der Waals surface area contributed by atoms with E-state index in [0.717, 1.165) is 80.7 Å². The number of hydrogen-bond donors (Lipinski definition) is 0. The molecule has 46 heavy (non-hydrogen) atoms. The summed E-state index contributed by atoms with van der Waals surface area (Å²) in [7, 11) is 0. The van der Waals surface area contributed by atoms with Gasteiger partial charge in [0.1, 0.15) is 24.0 Å². The monoisotopic (exact) mass is 621 g/mol. The summed E-state index contributed by atoms with van der Waals surface area (Å²) < 4.78 is 27.9. The molecule has 1 saturated heterocycles. The fraction of sp³-hybridized carbons (Fsp3) is 0.417. The number of imidazole rings is 1. The Balaban J connectivity index is 0.990. The molecule has 7 rings (SSSR count). The van der Waals surface area contributed by atoms with Crippen molar-refractivity contribution in [1.29, 1.82) is 5.26 Å². The maximum atomic E-state index is 14.7. The van der Waals surface area contributed by atoms with Gasteiger partial charge in [0.25, 0.3) is 6.47 Å². The van der Waals surface area contributed by atoms with Crippen molar-refractivity contribution in [3.05, 3.63) is 83.1 Å². The minimum atomic E-state index is -0.435. The topological polar surface area (TPSA) is 110 Å². The molecule has 2 aliphatic carbocycles. The fourth-order valence-electron chi connectivity index (χ4n) is 6.53. The quantitative estimate of drug-likeness (QED) is 0.125. The number of nitriles is 1. The second-order valence-corrected chi connectivity index (χ2v) is 13.0. The molecule has 2 aromatic carbocycles. The molecule has 0 atom stereocenters. The van der Waals surface area contributed by atoms with Gasteiger partial charge in [-0.05, 0) is 75.9 Å². The molecule has 236 valence electrons. The lowest BCUT2D eigenvalue weighted by Gasteiger charge is -2.31. The lowest BCUT2D eigenvalue weighted by atomic mass is 9.93. The molecule has 1 aliphatic heterocycles. The molecule has 3 aliphatic rings. The van der Waals surface area contributed by atoms with Crippen LogP contribution in [0.4, 0.5) is 4.39 Å². The van der Waals surface area contributed by atoms with Crippen LogP contribution in [-0.4, -0.2) is 44.8 Å². The van der Waals surface area contributed by atoms with E-state index in [-0.39, 0.29) is 29.6 Å². The highest BCUT2D eigenvalue weighted by Crippen LogP contribution is 2.50. The first-order valence-electron chi connectivity index (χ1n) is 16.0. The Labute approximate surface area is 267 Å². The fourth-order valence-corrected chi connectivity index (χ4v) is 6.53. The molecule has 0 amide bonds. The number of benzene rings is 2. The van der Waals surface area contributed by atoms with E-state index < -0.39 is 5.82 Å². The Kier molecular flexibility index (Phi) is 8.26. The number of halogens is 1. The minimum Gasteiger partial charge on any atom is -0.473 e. The summed E-state index contributed by atoms with van der Waals surface area (Å²) in [6, 6.07) is 18.2. The van der Waals surface area contributed by atoms with Gasteiger partial charge in [-0.25, -0.2) is 14.4 Å². The second kappa shape index (κ2) is 12.6. The molecule has 10 heteroatoms. The molecule has 0 N–H and O–H groups in total. The average molecular weight is 622 g/mol. The van der Waals surface area contributed by atoms with Crippen molar-refractivity contribution in [2.45, 2.75) is 70.6 Å². The smallest absolute Gasteiger partial charge is 0.298 e. The molecule has 0 bridgehead atoms. The normalized spacial score (nSPS) is 17.8. The number of pyridine rings is 1. The van der Waals surface area contributed by atoms with E-state index in [2.05, 4.69) is 15.5 Å². The molecular weight excluding hydrogens is 585 g/mol. The number of hydrogen-bond acceptors (Lipinski definition) is 8. The number of piperidine rings is 1. The number of ether oxygens (including phenoxy) is 2. The van der Waals surface area contributed by atoms with Crippen LogP contribution in [0.25, 0.3) is 11.0 Å². The zero-order valence-corrected chi connectivity index (χ0v) is 25.7. The summed E-state index contributed by atoms with van der Waals surface area (Å²) in [5, 5.41) is 9.42. The molecule has 0 unspecified atom stereocenters. The van der Waals surface area contributed by atoms with Gasteiger partial charge in [0.2, 0.25) is 5.88 Å². The van der Waals surface area contributed by atoms with Crippen LogP contribution in [0, 0.1) is 28.5 Å². The van der Waals surface area contributed by atoms with Crippen molar-refractivity contribution in [3.8, 4) is 17.7 Å². The van der Waals surface area contributed by atoms with Gasteiger partial charge in [0, 0.05) is 59.2 Å². The van der Waals surface area contributed by atoms with Crippen molar-refractivity contribution in [2.24, 2.45) is 11.3 Å². The largest absolute Gasteiger partial charge is 0.473 e. The summed E-state index contributed by atoms with van der Waals surface area (Å²) in [5.41, 5.74) is 3.53. The zero-order chi connectivity index (χ0) is 31.7. The SMILES string of the molecule is N#CCC1(Cn2c(CN3CCC(c4cccc(OCc5ccc(C(=O)C6CC6)cc5F)n4)CC3)nc3ccc(OC=O)cc32)CC1. The number of likely N-dealkylation sites (tertiary alicyclic amines) is 1. The van der Waals surface area contributed by atoms with Crippen LogP contribution in [0.5, 0.6) is 11.6 Å². The number of carbonyl (C=O) groups excluding carboxylic acids is 2. The molecule has 3 heterocycles. The Morgan fingerprint density at radius 1 is 1.07 bits per heavy atom. The molecular formula is C36H36FN5O4. The van der Waals surface area contributed by atoms with E-state index in [9.17, 15) is 19.2 Å². The first-order chi connectivity index (χ1) is 22.4. The summed E-state index contributed by atoms with van der Waals surface area (Å²) in [4.78, 5) is 35.4. The first kappa shape index (κ1) is 30.1. The minimum absolute atomic E-state index is 0.0191. The van der Waals surface area contributed by atoms with E-state index in [1.807, 2.05) is 24.3 Å². The maximum absolute atomic E-state index is 14.7. The first-order valence-corrected chi connectivity index (χ1v) is 16.0. The highest BCUT2D eigenvalue weighted by molar-refractivity contribution is 5.99. The van der Waals surface area contributed by atoms with Crippen LogP contribution in [0.3, 0.4) is 0 Å². The highest BCUT2D eigenvalue weighted by atomic mass is 19.1. The third kappa shape index (κ3) is 6.51. The molecule has 3 fully saturated rings. The van der Waals surface area contributed by atoms with Crippen LogP contribution in [0.15, 0.2) is 54.6 Å². The number of ketones is 1. The average Bonchev–Trinajstić information content (AvgIpc) is 4.01. The van der Waals surface area contributed by atoms with Crippen LogP contribution >= 0.6 is 0 Å². The van der Waals surface area contributed by atoms with E-state index in [0.29, 0.717) is 42.2 Å². The predicted molar refractivity (Wildman–Crippen MR) is 168 cm³/mol. The van der Waals surface area contributed by atoms with Gasteiger partial charge in [0.15, 0.2) is 5.78 Å². The van der Waals surface area contributed by atoms with Gasteiger partial charge in [0.05, 0.1) is 23.6 Å². The summed E-state index contributed by atoms with van der Waals surface area (Å²) >= 11 is 0. The number of fused-ring (bicyclic) bond motifs is 1. The molecule has 9 nitrogen and oxygen atoms in total. The third-order valence-electron chi connectivity index (χ3n) is 9.66. The van der Waals surface area contributed by atoms with E-state index in [1.54, 1.807) is 24.3 Å². The van der Waals surface area contributed by atoms with Crippen molar-refractivity contribution >= 4 is 23.3 Å². The highest BCUT2D eigenvalue weighted by Gasteiger charge is 2.43. The number of carbonyl (C=O) groups is 2.